The van der Waals surface area contributed by atoms with Crippen LogP contribution in [-0.4, -0.2) is 84.1 Å². The van der Waals surface area contributed by atoms with Crippen LogP contribution in [0.15, 0.2) is 48.7 Å². The second-order valence-corrected chi connectivity index (χ2v) is 17.4. The van der Waals surface area contributed by atoms with Crippen LogP contribution in [0, 0.1) is 5.92 Å². The van der Waals surface area contributed by atoms with Gasteiger partial charge in [0.25, 0.3) is 0 Å². The highest BCUT2D eigenvalue weighted by molar-refractivity contribution is 6.72. The first-order chi connectivity index (χ1) is 23.1. The molecule has 2 aromatic carbocycles. The number of nitrogens with zero attached hydrogens (tertiary/aromatic N) is 4. The molecule has 1 aromatic heterocycles. The summed E-state index contributed by atoms with van der Waals surface area (Å²) in [4.78, 5) is 15.8. The maximum absolute atomic E-state index is 15.7. The quantitative estimate of drug-likeness (QED) is 0.102. The molecule has 10 nitrogen and oxygen atoms in total. The lowest BCUT2D eigenvalue weighted by molar-refractivity contribution is -0.120. The fraction of sp³-hybridized carbons (Fsp3) is 0.583. The molecule has 0 aliphatic carbocycles. The molecule has 0 bridgehead atoms. The minimum atomic E-state index is -3.02. The smallest absolute Gasteiger partial charge is 0.249 e. The van der Waals surface area contributed by atoms with E-state index in [1.54, 1.807) is 17.8 Å². The van der Waals surface area contributed by atoms with E-state index in [1.165, 1.54) is 0 Å². The summed E-state index contributed by atoms with van der Waals surface area (Å²) in [5, 5.41) is 30.1. The lowest BCUT2D eigenvalue weighted by Crippen LogP contribution is -2.49. The highest BCUT2D eigenvalue weighted by Crippen LogP contribution is 2.47. The van der Waals surface area contributed by atoms with E-state index >= 15 is 4.11 Å². The number of nitrogens with one attached hydrogen (secondary N) is 1. The molecular formula is C36H52FN5O5Si. The molecule has 0 spiro atoms. The molecule has 1 saturated heterocycles. The van der Waals surface area contributed by atoms with E-state index in [0.29, 0.717) is 45.4 Å². The second kappa shape index (κ2) is 16.5. The Kier molecular flexibility index (Phi) is 12.4. The van der Waals surface area contributed by atoms with Crippen LogP contribution in [0.3, 0.4) is 0 Å². The van der Waals surface area contributed by atoms with E-state index in [0.717, 1.165) is 53.2 Å². The third-order valence-electron chi connectivity index (χ3n) is 9.70. The van der Waals surface area contributed by atoms with E-state index in [-0.39, 0.29) is 48.8 Å². The first-order valence-corrected chi connectivity index (χ1v) is 20.5. The van der Waals surface area contributed by atoms with Gasteiger partial charge in [-0.1, -0.05) is 24.3 Å². The summed E-state index contributed by atoms with van der Waals surface area (Å²) >= 11 is 0. The Bertz CT molecular complexity index is 1500. The Morgan fingerprint density at radius 2 is 1.92 bits per heavy atom. The average Bonchev–Trinajstić information content (AvgIpc) is 3.64. The van der Waals surface area contributed by atoms with Gasteiger partial charge in [0.2, 0.25) is 14.3 Å². The lowest BCUT2D eigenvalue weighted by atomic mass is 9.94. The SMILES string of the molecule is CCOc1ccc2c(c1)CC(NCCCCO)C(=O)N2c1cccc(CC[C@@H]2O[C@H](CCn3cc(CCO)nn3)[C@@H]([Si](C)(C)F)[C@@H]2C)c1. The van der Waals surface area contributed by atoms with Crippen molar-refractivity contribution in [3.05, 3.63) is 65.5 Å². The molecule has 2 aliphatic rings. The van der Waals surface area contributed by atoms with Gasteiger partial charge in [0, 0.05) is 43.6 Å². The normalized spacial score (nSPS) is 22.7. The number of aliphatic hydroxyl groups is 2. The largest absolute Gasteiger partial charge is 0.494 e. The van der Waals surface area contributed by atoms with E-state index in [2.05, 4.69) is 34.7 Å². The monoisotopic (exact) mass is 681 g/mol. The first-order valence-electron chi connectivity index (χ1n) is 17.5. The van der Waals surface area contributed by atoms with Crippen LogP contribution >= 0.6 is 0 Å². The van der Waals surface area contributed by atoms with Crippen LogP contribution in [-0.2, 0) is 35.3 Å². The number of carbonyl (C=O) groups excluding carboxylic acids is 1. The fourth-order valence-electron chi connectivity index (χ4n) is 7.47. The van der Waals surface area contributed by atoms with E-state index in [4.69, 9.17) is 9.47 Å². The van der Waals surface area contributed by atoms with Gasteiger partial charge in [0.05, 0.1) is 36.2 Å². The standard InChI is InChI=1S/C36H52FN5O5Si/c1-5-46-30-12-13-32-27(22-30)23-31(38-17-6-7-19-43)36(45)42(32)29-10-8-9-26(21-29)11-14-33-25(2)35(48(3,4)37)34(47-33)15-18-41-24-28(16-20-44)39-40-41/h8-10,12-13,21-22,24-25,31,33-35,38,43-44H,5-7,11,14-20,23H2,1-4H3/t25-,31?,33+,34-,35+/m1/s1. The van der Waals surface area contributed by atoms with Gasteiger partial charge in [-0.15, -0.1) is 5.10 Å². The van der Waals surface area contributed by atoms with Crippen LogP contribution < -0.4 is 15.0 Å². The van der Waals surface area contributed by atoms with Gasteiger partial charge in [-0.2, -0.15) is 0 Å². The van der Waals surface area contributed by atoms with Crippen LogP contribution in [0.1, 0.15) is 56.4 Å². The summed E-state index contributed by atoms with van der Waals surface area (Å²) in [7, 11) is -3.02. The molecule has 1 amide bonds. The zero-order chi connectivity index (χ0) is 34.3. The number of aryl methyl sites for hydroxylation is 2. The Morgan fingerprint density at radius 3 is 2.67 bits per heavy atom. The third kappa shape index (κ3) is 8.70. The number of carbonyl (C=O) groups is 1. The van der Waals surface area contributed by atoms with Gasteiger partial charge < -0.3 is 29.1 Å². The van der Waals surface area contributed by atoms with Crippen molar-refractivity contribution in [2.45, 2.75) is 102 Å². The molecular weight excluding hydrogens is 630 g/mol. The summed E-state index contributed by atoms with van der Waals surface area (Å²) in [6.07, 6.45) is 6.23. The predicted molar refractivity (Wildman–Crippen MR) is 187 cm³/mol. The number of aromatic nitrogens is 3. The minimum Gasteiger partial charge on any atom is -0.494 e. The van der Waals surface area contributed by atoms with Crippen LogP contribution in [0.2, 0.25) is 18.6 Å². The molecule has 3 N–H and O–H groups in total. The summed E-state index contributed by atoms with van der Waals surface area (Å²) < 4.78 is 29.9. The highest BCUT2D eigenvalue weighted by atomic mass is 28.4. The molecule has 5 rings (SSSR count). The van der Waals surface area contributed by atoms with Crippen LogP contribution in [0.4, 0.5) is 15.5 Å². The van der Waals surface area contributed by atoms with Crippen molar-refractivity contribution in [2.75, 3.05) is 31.3 Å². The highest BCUT2D eigenvalue weighted by Gasteiger charge is 2.50. The van der Waals surface area contributed by atoms with Gasteiger partial charge in [0.1, 0.15) is 5.75 Å². The Morgan fingerprint density at radius 1 is 1.08 bits per heavy atom. The average molecular weight is 682 g/mol. The molecule has 12 heteroatoms. The second-order valence-electron chi connectivity index (χ2n) is 13.6. The molecule has 0 radical (unpaired) electrons. The predicted octanol–water partition coefficient (Wildman–Crippen LogP) is 5.13. The van der Waals surface area contributed by atoms with Gasteiger partial charge >= 0.3 is 0 Å². The summed E-state index contributed by atoms with van der Waals surface area (Å²) in [5.74, 6) is 0.864. The van der Waals surface area contributed by atoms with Crippen LogP contribution in [0.25, 0.3) is 0 Å². The van der Waals surface area contributed by atoms with Crippen molar-refractivity contribution in [1.29, 1.82) is 0 Å². The maximum atomic E-state index is 15.7. The van der Waals surface area contributed by atoms with Crippen molar-refractivity contribution in [1.82, 2.24) is 20.3 Å². The number of anilines is 2. The number of aliphatic hydroxyl groups excluding tert-OH is 2. The minimum absolute atomic E-state index is 0.00256. The molecule has 3 aromatic rings. The topological polar surface area (TPSA) is 122 Å². The Balaban J connectivity index is 1.30. The third-order valence-corrected chi connectivity index (χ3v) is 12.2. The molecule has 5 atom stereocenters. The first kappa shape index (κ1) is 36.1. The van der Waals surface area contributed by atoms with Crippen molar-refractivity contribution >= 4 is 25.7 Å². The number of hydrogen-bond acceptors (Lipinski definition) is 8. The molecule has 2 aliphatic heterocycles. The summed E-state index contributed by atoms with van der Waals surface area (Å²) in [6.45, 7) is 9.61. The number of ether oxygens (including phenoxy) is 2. The van der Waals surface area contributed by atoms with Gasteiger partial charge in [-0.3, -0.25) is 14.4 Å². The number of halogens is 1. The number of rotatable bonds is 17. The van der Waals surface area contributed by atoms with Crippen molar-refractivity contribution in [2.24, 2.45) is 5.92 Å². The summed E-state index contributed by atoms with van der Waals surface area (Å²) in [6, 6.07) is 13.7. The molecule has 1 fully saturated rings. The van der Waals surface area contributed by atoms with E-state index in [9.17, 15) is 15.0 Å². The number of unbranched alkanes of at least 4 members (excludes halogenated alkanes) is 1. The molecule has 1 unspecified atom stereocenters. The Labute approximate surface area is 284 Å². The van der Waals surface area contributed by atoms with Crippen molar-refractivity contribution in [3.63, 3.8) is 0 Å². The molecule has 262 valence electrons. The molecule has 0 saturated carbocycles. The number of benzene rings is 2. The molecule has 3 heterocycles. The van der Waals surface area contributed by atoms with E-state index in [1.807, 2.05) is 48.4 Å². The number of fused-ring (bicyclic) bond motifs is 1. The lowest BCUT2D eigenvalue weighted by Gasteiger charge is -2.35. The van der Waals surface area contributed by atoms with Gasteiger partial charge in [-0.05, 0) is 112 Å². The maximum Gasteiger partial charge on any atom is 0.249 e. The van der Waals surface area contributed by atoms with Crippen LogP contribution in [0.5, 0.6) is 5.75 Å². The Hall–Kier alpha value is -3.16. The zero-order valence-electron chi connectivity index (χ0n) is 28.8. The van der Waals surface area contributed by atoms with Crippen molar-refractivity contribution < 1.29 is 28.6 Å². The zero-order valence-corrected chi connectivity index (χ0v) is 29.8. The fourth-order valence-corrected chi connectivity index (χ4v) is 10.1. The van der Waals surface area contributed by atoms with Gasteiger partial charge in [0.15, 0.2) is 0 Å². The number of hydrogen-bond donors (Lipinski definition) is 3. The number of amides is 1. The molecule has 48 heavy (non-hydrogen) atoms. The summed E-state index contributed by atoms with van der Waals surface area (Å²) in [5.41, 5.74) is 4.43. The van der Waals surface area contributed by atoms with E-state index < -0.39 is 8.41 Å². The van der Waals surface area contributed by atoms with Crippen molar-refractivity contribution in [3.8, 4) is 5.75 Å². The van der Waals surface area contributed by atoms with Gasteiger partial charge in [-0.25, -0.2) is 0 Å².